The Morgan fingerprint density at radius 3 is 3.18 bits per heavy atom. The SMILES string of the molecule is BrCCC1CCN(c2snc3ccccc23)C1. The van der Waals surface area contributed by atoms with Gasteiger partial charge in [-0.05, 0) is 42.4 Å². The van der Waals surface area contributed by atoms with Crippen LogP contribution in [-0.2, 0) is 0 Å². The first-order valence-corrected chi connectivity index (χ1v) is 7.93. The van der Waals surface area contributed by atoms with Crippen molar-refractivity contribution in [1.29, 1.82) is 0 Å². The van der Waals surface area contributed by atoms with Gasteiger partial charge in [-0.3, -0.25) is 0 Å². The molecule has 1 aliphatic rings. The highest BCUT2D eigenvalue weighted by molar-refractivity contribution is 9.09. The Morgan fingerprint density at radius 1 is 1.41 bits per heavy atom. The molecule has 0 saturated carbocycles. The van der Waals surface area contributed by atoms with Gasteiger partial charge in [0.05, 0.1) is 5.52 Å². The van der Waals surface area contributed by atoms with Crippen LogP contribution in [0.2, 0.25) is 0 Å². The Kier molecular flexibility index (Phi) is 3.34. The Labute approximate surface area is 114 Å². The second kappa shape index (κ2) is 4.94. The average Bonchev–Trinajstić information content (AvgIpc) is 2.95. The maximum Gasteiger partial charge on any atom is 0.119 e. The summed E-state index contributed by atoms with van der Waals surface area (Å²) in [6.45, 7) is 2.38. The molecule has 2 aromatic rings. The molecule has 0 bridgehead atoms. The highest BCUT2D eigenvalue weighted by Crippen LogP contribution is 2.35. The van der Waals surface area contributed by atoms with Crippen molar-refractivity contribution >= 4 is 43.4 Å². The summed E-state index contributed by atoms with van der Waals surface area (Å²) in [5.74, 6) is 0.843. The van der Waals surface area contributed by atoms with E-state index in [0.717, 1.165) is 16.8 Å². The van der Waals surface area contributed by atoms with E-state index in [1.165, 1.54) is 36.3 Å². The topological polar surface area (TPSA) is 16.1 Å². The van der Waals surface area contributed by atoms with E-state index in [1.807, 2.05) is 0 Å². The van der Waals surface area contributed by atoms with Gasteiger partial charge in [0.2, 0.25) is 0 Å². The Hall–Kier alpha value is -0.610. The molecule has 1 fully saturated rings. The summed E-state index contributed by atoms with van der Waals surface area (Å²) in [6.07, 6.45) is 2.60. The van der Waals surface area contributed by atoms with Gasteiger partial charge < -0.3 is 4.90 Å². The summed E-state index contributed by atoms with van der Waals surface area (Å²) in [6, 6.07) is 8.45. The number of halogens is 1. The van der Waals surface area contributed by atoms with Crippen LogP contribution in [-0.4, -0.2) is 22.8 Å². The minimum Gasteiger partial charge on any atom is -0.361 e. The quantitative estimate of drug-likeness (QED) is 0.799. The zero-order valence-corrected chi connectivity index (χ0v) is 12.0. The summed E-state index contributed by atoms with van der Waals surface area (Å²) in [5, 5.41) is 3.80. The molecule has 4 heteroatoms. The van der Waals surface area contributed by atoms with Crippen LogP contribution in [0, 0.1) is 5.92 Å². The lowest BCUT2D eigenvalue weighted by molar-refractivity contribution is 0.576. The number of nitrogens with zero attached hydrogens (tertiary/aromatic N) is 2. The molecule has 17 heavy (non-hydrogen) atoms. The fourth-order valence-corrected chi connectivity index (χ4v) is 4.05. The summed E-state index contributed by atoms with van der Waals surface area (Å²) < 4.78 is 4.53. The van der Waals surface area contributed by atoms with E-state index in [0.29, 0.717) is 0 Å². The first-order chi connectivity index (χ1) is 8.38. The van der Waals surface area contributed by atoms with E-state index >= 15 is 0 Å². The lowest BCUT2D eigenvalue weighted by atomic mass is 10.1. The van der Waals surface area contributed by atoms with Crippen LogP contribution in [0.4, 0.5) is 5.00 Å². The van der Waals surface area contributed by atoms with Crippen molar-refractivity contribution < 1.29 is 0 Å². The highest BCUT2D eigenvalue weighted by Gasteiger charge is 2.24. The van der Waals surface area contributed by atoms with Gasteiger partial charge in [-0.1, -0.05) is 28.1 Å². The molecule has 1 saturated heterocycles. The van der Waals surface area contributed by atoms with Gasteiger partial charge in [-0.2, -0.15) is 4.37 Å². The molecule has 0 radical (unpaired) electrons. The third-order valence-electron chi connectivity index (χ3n) is 3.46. The number of hydrogen-bond donors (Lipinski definition) is 0. The van der Waals surface area contributed by atoms with E-state index in [9.17, 15) is 0 Å². The summed E-state index contributed by atoms with van der Waals surface area (Å²) in [7, 11) is 0. The van der Waals surface area contributed by atoms with Crippen molar-refractivity contribution in [1.82, 2.24) is 4.37 Å². The minimum atomic E-state index is 0.843. The Balaban J connectivity index is 1.85. The standard InChI is InChI=1S/C13H15BrN2S/c14-7-5-10-6-8-16(9-10)13-11-3-1-2-4-12(11)15-17-13/h1-4,10H,5-9H2. The van der Waals surface area contributed by atoms with Crippen LogP contribution < -0.4 is 4.90 Å². The molecule has 1 aromatic carbocycles. The van der Waals surface area contributed by atoms with Gasteiger partial charge >= 0.3 is 0 Å². The maximum absolute atomic E-state index is 4.53. The first-order valence-electron chi connectivity index (χ1n) is 6.04. The molecule has 1 atom stereocenters. The number of rotatable bonds is 3. The molecule has 90 valence electrons. The van der Waals surface area contributed by atoms with Crippen LogP contribution in [0.25, 0.3) is 10.9 Å². The van der Waals surface area contributed by atoms with Crippen molar-refractivity contribution in [3.8, 4) is 0 Å². The molecule has 2 nitrogen and oxygen atoms in total. The van der Waals surface area contributed by atoms with Crippen LogP contribution in [0.15, 0.2) is 24.3 Å². The van der Waals surface area contributed by atoms with Crippen molar-refractivity contribution in [2.45, 2.75) is 12.8 Å². The lowest BCUT2D eigenvalue weighted by Gasteiger charge is -2.16. The molecule has 1 aromatic heterocycles. The number of anilines is 1. The van der Waals surface area contributed by atoms with Crippen molar-refractivity contribution in [2.75, 3.05) is 23.3 Å². The predicted molar refractivity (Wildman–Crippen MR) is 78.4 cm³/mol. The predicted octanol–water partition coefficient (Wildman–Crippen LogP) is 3.91. The van der Waals surface area contributed by atoms with Crippen molar-refractivity contribution in [2.24, 2.45) is 5.92 Å². The van der Waals surface area contributed by atoms with E-state index in [-0.39, 0.29) is 0 Å². The van der Waals surface area contributed by atoms with Gasteiger partial charge in [0.25, 0.3) is 0 Å². The third kappa shape index (κ3) is 2.20. The Morgan fingerprint density at radius 2 is 2.29 bits per heavy atom. The molecule has 0 spiro atoms. The third-order valence-corrected chi connectivity index (χ3v) is 4.85. The molecule has 1 unspecified atom stereocenters. The molecule has 0 amide bonds. The van der Waals surface area contributed by atoms with E-state index in [1.54, 1.807) is 11.5 Å². The number of benzene rings is 1. The zero-order valence-electron chi connectivity index (χ0n) is 9.60. The van der Waals surface area contributed by atoms with E-state index < -0.39 is 0 Å². The van der Waals surface area contributed by atoms with E-state index in [2.05, 4.69) is 49.5 Å². The molecule has 0 aliphatic carbocycles. The second-order valence-corrected chi connectivity index (χ2v) is 6.13. The van der Waals surface area contributed by atoms with Gasteiger partial charge in [0, 0.05) is 23.8 Å². The monoisotopic (exact) mass is 310 g/mol. The molecule has 1 aliphatic heterocycles. The number of hydrogen-bond acceptors (Lipinski definition) is 3. The molecule has 2 heterocycles. The van der Waals surface area contributed by atoms with Crippen LogP contribution in [0.5, 0.6) is 0 Å². The normalized spacial score (nSPS) is 20.3. The van der Waals surface area contributed by atoms with Gasteiger partial charge in [0.15, 0.2) is 0 Å². The number of alkyl halides is 1. The molecule has 0 N–H and O–H groups in total. The number of aromatic nitrogens is 1. The van der Waals surface area contributed by atoms with Crippen LogP contribution in [0.3, 0.4) is 0 Å². The second-order valence-electron chi connectivity index (χ2n) is 4.58. The van der Waals surface area contributed by atoms with E-state index in [4.69, 9.17) is 0 Å². The maximum atomic E-state index is 4.53. The summed E-state index contributed by atoms with van der Waals surface area (Å²) in [4.78, 5) is 2.51. The first kappa shape index (κ1) is 11.5. The number of fused-ring (bicyclic) bond motifs is 1. The van der Waals surface area contributed by atoms with Crippen LogP contribution >= 0.6 is 27.5 Å². The molecular weight excluding hydrogens is 296 g/mol. The van der Waals surface area contributed by atoms with Gasteiger partial charge in [-0.25, -0.2) is 0 Å². The van der Waals surface area contributed by atoms with Crippen LogP contribution in [0.1, 0.15) is 12.8 Å². The van der Waals surface area contributed by atoms with Gasteiger partial charge in [-0.15, -0.1) is 0 Å². The summed E-state index contributed by atoms with van der Waals surface area (Å²) >= 11 is 5.18. The van der Waals surface area contributed by atoms with Crippen molar-refractivity contribution in [3.63, 3.8) is 0 Å². The fourth-order valence-electron chi connectivity index (χ4n) is 2.51. The zero-order chi connectivity index (χ0) is 11.7. The minimum absolute atomic E-state index is 0.843. The highest BCUT2D eigenvalue weighted by atomic mass is 79.9. The fraction of sp³-hybridized carbons (Fsp3) is 0.462. The average molecular weight is 311 g/mol. The molecular formula is C13H15BrN2S. The summed E-state index contributed by atoms with van der Waals surface area (Å²) in [5.41, 5.74) is 1.14. The smallest absolute Gasteiger partial charge is 0.119 e. The van der Waals surface area contributed by atoms with Crippen molar-refractivity contribution in [3.05, 3.63) is 24.3 Å². The Bertz CT molecular complexity index is 511. The largest absolute Gasteiger partial charge is 0.361 e. The van der Waals surface area contributed by atoms with Gasteiger partial charge in [0.1, 0.15) is 5.00 Å². The molecule has 3 rings (SSSR count). The lowest BCUT2D eigenvalue weighted by Crippen LogP contribution is -2.18.